The molecule has 0 aliphatic heterocycles. The molecule has 1 unspecified atom stereocenters. The fraction of sp³-hybridized carbons (Fsp3) is 0.333. The fourth-order valence-corrected chi connectivity index (χ4v) is 4.69. The topological polar surface area (TPSA) is 20.2 Å². The molecule has 1 nitrogen and oxygen atoms in total. The average molecular weight is 405 g/mol. The van der Waals surface area contributed by atoms with Gasteiger partial charge in [0.25, 0.3) is 0 Å². The molecule has 152 valence electrons. The summed E-state index contributed by atoms with van der Waals surface area (Å²) in [6, 6.07) is 25.6. The van der Waals surface area contributed by atoms with Crippen LogP contribution in [0.15, 0.2) is 77.7 Å². The second kappa shape index (κ2) is 8.28. The highest BCUT2D eigenvalue weighted by atomic mass is 32.2. The third-order valence-electron chi connectivity index (χ3n) is 5.15. The van der Waals surface area contributed by atoms with Crippen molar-refractivity contribution in [2.75, 3.05) is 0 Å². The summed E-state index contributed by atoms with van der Waals surface area (Å²) in [6.07, 6.45) is 0. The third-order valence-corrected chi connectivity index (χ3v) is 6.47. The first-order chi connectivity index (χ1) is 13.6. The van der Waals surface area contributed by atoms with E-state index in [-0.39, 0.29) is 16.1 Å². The lowest BCUT2D eigenvalue weighted by Crippen LogP contribution is -2.18. The van der Waals surface area contributed by atoms with E-state index in [2.05, 4.69) is 114 Å². The Balaban J connectivity index is 2.21. The van der Waals surface area contributed by atoms with Crippen LogP contribution in [0.4, 0.5) is 0 Å². The minimum atomic E-state index is -0.140. The third kappa shape index (κ3) is 5.05. The van der Waals surface area contributed by atoms with Crippen LogP contribution >= 0.6 is 11.8 Å². The Morgan fingerprint density at radius 1 is 0.655 bits per heavy atom. The lowest BCUT2D eigenvalue weighted by atomic mass is 9.78. The molecule has 0 spiro atoms. The van der Waals surface area contributed by atoms with Gasteiger partial charge in [0.1, 0.15) is 5.75 Å². The SMILES string of the molecule is CC(C)(C)c1cc(C(Sc2ccccc2)c2ccccc2)cc(C(C)(C)C)c1O. The maximum absolute atomic E-state index is 11.1. The number of benzene rings is 3. The van der Waals surface area contributed by atoms with Crippen LogP contribution < -0.4 is 0 Å². The number of thioether (sulfide) groups is 1. The molecule has 3 aromatic rings. The van der Waals surface area contributed by atoms with Crippen molar-refractivity contribution in [3.8, 4) is 5.75 Å². The van der Waals surface area contributed by atoms with Gasteiger partial charge in [-0.05, 0) is 45.2 Å². The first-order valence-corrected chi connectivity index (χ1v) is 11.1. The van der Waals surface area contributed by atoms with Gasteiger partial charge in [-0.25, -0.2) is 0 Å². The van der Waals surface area contributed by atoms with Crippen molar-refractivity contribution in [3.05, 3.63) is 95.1 Å². The first kappa shape index (κ1) is 21.5. The standard InChI is InChI=1S/C27H32OS/c1-26(2,3)22-17-20(18-23(24(22)28)27(4,5)6)25(19-13-9-7-10-14-19)29-21-15-11-8-12-16-21/h7-18,25,28H,1-6H3. The van der Waals surface area contributed by atoms with E-state index in [0.29, 0.717) is 5.75 Å². The lowest BCUT2D eigenvalue weighted by molar-refractivity contribution is 0.423. The minimum absolute atomic E-state index is 0.140. The van der Waals surface area contributed by atoms with Crippen molar-refractivity contribution >= 4 is 11.8 Å². The summed E-state index contributed by atoms with van der Waals surface area (Å²) in [7, 11) is 0. The van der Waals surface area contributed by atoms with Gasteiger partial charge in [0.2, 0.25) is 0 Å². The van der Waals surface area contributed by atoms with Gasteiger partial charge in [-0.3, -0.25) is 0 Å². The normalized spacial score (nSPS) is 13.3. The molecule has 1 atom stereocenters. The average Bonchev–Trinajstić information content (AvgIpc) is 2.66. The molecule has 0 bridgehead atoms. The molecule has 0 saturated heterocycles. The van der Waals surface area contributed by atoms with Crippen molar-refractivity contribution < 1.29 is 5.11 Å². The molecule has 1 N–H and O–H groups in total. The molecule has 29 heavy (non-hydrogen) atoms. The highest BCUT2D eigenvalue weighted by Crippen LogP contribution is 2.46. The Labute approximate surface area is 180 Å². The lowest BCUT2D eigenvalue weighted by Gasteiger charge is -2.30. The Morgan fingerprint density at radius 3 is 1.55 bits per heavy atom. The maximum atomic E-state index is 11.1. The first-order valence-electron chi connectivity index (χ1n) is 10.2. The molecule has 0 amide bonds. The Kier molecular flexibility index (Phi) is 6.14. The number of hydrogen-bond acceptors (Lipinski definition) is 2. The summed E-state index contributed by atoms with van der Waals surface area (Å²) in [5, 5.41) is 11.3. The van der Waals surface area contributed by atoms with Crippen molar-refractivity contribution in [2.45, 2.75) is 62.5 Å². The second-order valence-corrected chi connectivity index (χ2v) is 10.9. The number of rotatable bonds is 4. The minimum Gasteiger partial charge on any atom is -0.507 e. The molecular weight excluding hydrogens is 372 g/mol. The van der Waals surface area contributed by atoms with E-state index < -0.39 is 0 Å². The number of hydrogen-bond donors (Lipinski definition) is 1. The Hall–Kier alpha value is -2.19. The molecule has 0 aliphatic rings. The summed E-state index contributed by atoms with van der Waals surface area (Å²) in [4.78, 5) is 1.24. The van der Waals surface area contributed by atoms with E-state index in [1.807, 2.05) is 11.8 Å². The van der Waals surface area contributed by atoms with Crippen molar-refractivity contribution in [2.24, 2.45) is 0 Å². The predicted octanol–water partition coefficient (Wildman–Crippen LogP) is 7.87. The van der Waals surface area contributed by atoms with Gasteiger partial charge in [0.05, 0.1) is 5.25 Å². The van der Waals surface area contributed by atoms with E-state index in [0.717, 1.165) is 11.1 Å². The van der Waals surface area contributed by atoms with E-state index in [9.17, 15) is 5.11 Å². The molecule has 0 aromatic heterocycles. The molecule has 0 aliphatic carbocycles. The molecule has 2 heteroatoms. The molecule has 0 radical (unpaired) electrons. The molecule has 3 rings (SSSR count). The van der Waals surface area contributed by atoms with Crippen molar-refractivity contribution in [1.82, 2.24) is 0 Å². The van der Waals surface area contributed by atoms with E-state index in [1.165, 1.54) is 16.0 Å². The zero-order valence-electron chi connectivity index (χ0n) is 18.4. The van der Waals surface area contributed by atoms with Crippen LogP contribution in [-0.2, 0) is 10.8 Å². The number of phenolic OH excluding ortho intramolecular Hbond substituents is 1. The molecule has 0 heterocycles. The van der Waals surface area contributed by atoms with Gasteiger partial charge in [-0.2, -0.15) is 0 Å². The van der Waals surface area contributed by atoms with E-state index in [4.69, 9.17) is 0 Å². The summed E-state index contributed by atoms with van der Waals surface area (Å²) >= 11 is 1.86. The smallest absolute Gasteiger partial charge is 0.123 e. The monoisotopic (exact) mass is 404 g/mol. The molecule has 3 aromatic carbocycles. The summed E-state index contributed by atoms with van der Waals surface area (Å²) in [5.41, 5.74) is 4.24. The quantitative estimate of drug-likeness (QED) is 0.446. The van der Waals surface area contributed by atoms with Gasteiger partial charge in [0, 0.05) is 4.90 Å². The van der Waals surface area contributed by atoms with Crippen LogP contribution in [-0.4, -0.2) is 5.11 Å². The van der Waals surface area contributed by atoms with Crippen molar-refractivity contribution in [1.29, 1.82) is 0 Å². The zero-order valence-corrected chi connectivity index (χ0v) is 19.2. The highest BCUT2D eigenvalue weighted by Gasteiger charge is 2.28. The van der Waals surface area contributed by atoms with E-state index >= 15 is 0 Å². The fourth-order valence-electron chi connectivity index (χ4n) is 3.54. The van der Waals surface area contributed by atoms with Gasteiger partial charge in [-0.1, -0.05) is 102 Å². The van der Waals surface area contributed by atoms with Crippen LogP contribution in [0.25, 0.3) is 0 Å². The maximum Gasteiger partial charge on any atom is 0.123 e. The van der Waals surface area contributed by atoms with Crippen LogP contribution in [0.1, 0.15) is 69.0 Å². The molecule has 0 saturated carbocycles. The van der Waals surface area contributed by atoms with Crippen molar-refractivity contribution in [3.63, 3.8) is 0 Å². The zero-order chi connectivity index (χ0) is 21.2. The largest absolute Gasteiger partial charge is 0.507 e. The van der Waals surface area contributed by atoms with Gasteiger partial charge < -0.3 is 5.11 Å². The summed E-state index contributed by atoms with van der Waals surface area (Å²) in [5.74, 6) is 0.435. The Morgan fingerprint density at radius 2 is 1.10 bits per heavy atom. The number of aromatic hydroxyl groups is 1. The van der Waals surface area contributed by atoms with Gasteiger partial charge in [0.15, 0.2) is 0 Å². The van der Waals surface area contributed by atoms with Gasteiger partial charge in [-0.15, -0.1) is 11.8 Å². The van der Waals surface area contributed by atoms with Crippen LogP contribution in [0.2, 0.25) is 0 Å². The Bertz CT molecular complexity index is 912. The second-order valence-electron chi connectivity index (χ2n) is 9.69. The predicted molar refractivity (Wildman–Crippen MR) is 126 cm³/mol. The van der Waals surface area contributed by atoms with E-state index in [1.54, 1.807) is 0 Å². The summed E-state index contributed by atoms with van der Waals surface area (Å²) in [6.45, 7) is 13.0. The summed E-state index contributed by atoms with van der Waals surface area (Å²) < 4.78 is 0. The van der Waals surface area contributed by atoms with Crippen LogP contribution in [0.3, 0.4) is 0 Å². The molecular formula is C27H32OS. The highest BCUT2D eigenvalue weighted by molar-refractivity contribution is 7.99. The van der Waals surface area contributed by atoms with Gasteiger partial charge >= 0.3 is 0 Å². The van der Waals surface area contributed by atoms with Crippen LogP contribution in [0, 0.1) is 0 Å². The molecule has 0 fully saturated rings. The number of phenols is 1. The van der Waals surface area contributed by atoms with Crippen LogP contribution in [0.5, 0.6) is 5.75 Å².